The Hall–Kier alpha value is 0.0500. The lowest BCUT2D eigenvalue weighted by atomic mass is 9.97. The first-order valence-corrected chi connectivity index (χ1v) is 6.30. The van der Waals surface area contributed by atoms with Crippen LogP contribution in [0.15, 0.2) is 0 Å². The molecule has 1 unspecified atom stereocenters. The first-order chi connectivity index (χ1) is 6.87. The predicted molar refractivity (Wildman–Crippen MR) is 62.1 cm³/mol. The maximum absolute atomic E-state index is 12.2. The van der Waals surface area contributed by atoms with E-state index in [1.54, 1.807) is 0 Å². The van der Waals surface area contributed by atoms with Gasteiger partial charge in [-0.1, -0.05) is 6.92 Å². The van der Waals surface area contributed by atoms with Gasteiger partial charge in [-0.05, 0) is 32.1 Å². The summed E-state index contributed by atoms with van der Waals surface area (Å²) in [6.45, 7) is 5.82. The van der Waals surface area contributed by atoms with Gasteiger partial charge < -0.3 is 4.90 Å². The van der Waals surface area contributed by atoms with Crippen LogP contribution in [-0.4, -0.2) is 28.2 Å². The zero-order valence-electron chi connectivity index (χ0n) is 9.22. The quantitative estimate of drug-likeness (QED) is 0.655. The fraction of sp³-hybridized carbons (Fsp3) is 0.909. The highest BCUT2D eigenvalue weighted by atomic mass is 35.5. The third kappa shape index (κ3) is 1.87. The minimum atomic E-state index is -0.826. The number of hydrogen-bond donors (Lipinski definition) is 0. The van der Waals surface area contributed by atoms with E-state index >= 15 is 0 Å². The standard InChI is InChI=1S/C11H17Cl2NO/c1-8-3-5-14(6-4-8)9(15)10(2)7-11(10,12)13/h8H,3-7H2,1-2H3. The number of hydrogen-bond acceptors (Lipinski definition) is 1. The summed E-state index contributed by atoms with van der Waals surface area (Å²) < 4.78 is -0.826. The number of carbonyl (C=O) groups is 1. The first-order valence-electron chi connectivity index (χ1n) is 5.54. The molecule has 0 bridgehead atoms. The number of halogens is 2. The van der Waals surface area contributed by atoms with Crippen molar-refractivity contribution in [3.63, 3.8) is 0 Å². The van der Waals surface area contributed by atoms with E-state index in [0.717, 1.165) is 31.8 Å². The zero-order valence-corrected chi connectivity index (χ0v) is 10.7. The Morgan fingerprint density at radius 3 is 2.20 bits per heavy atom. The summed E-state index contributed by atoms with van der Waals surface area (Å²) in [4.78, 5) is 14.1. The lowest BCUT2D eigenvalue weighted by Crippen LogP contribution is -2.42. The number of piperidine rings is 1. The summed E-state index contributed by atoms with van der Waals surface area (Å²) in [7, 11) is 0. The van der Waals surface area contributed by atoms with E-state index in [4.69, 9.17) is 23.2 Å². The second kappa shape index (κ2) is 3.53. The summed E-state index contributed by atoms with van der Waals surface area (Å²) in [6, 6.07) is 0. The highest BCUT2D eigenvalue weighted by molar-refractivity contribution is 6.53. The van der Waals surface area contributed by atoms with Crippen molar-refractivity contribution in [2.24, 2.45) is 11.3 Å². The number of likely N-dealkylation sites (tertiary alicyclic amines) is 1. The van der Waals surface area contributed by atoms with Crippen molar-refractivity contribution >= 4 is 29.1 Å². The minimum absolute atomic E-state index is 0.138. The molecule has 4 heteroatoms. The van der Waals surface area contributed by atoms with Crippen molar-refractivity contribution in [1.29, 1.82) is 0 Å². The smallest absolute Gasteiger partial charge is 0.231 e. The number of rotatable bonds is 1. The van der Waals surface area contributed by atoms with Crippen LogP contribution in [0.5, 0.6) is 0 Å². The highest BCUT2D eigenvalue weighted by Crippen LogP contribution is 2.64. The lowest BCUT2D eigenvalue weighted by molar-refractivity contribution is -0.137. The number of amides is 1. The van der Waals surface area contributed by atoms with Gasteiger partial charge in [0.15, 0.2) is 0 Å². The molecule has 1 saturated carbocycles. The monoisotopic (exact) mass is 249 g/mol. The molecule has 1 aliphatic heterocycles. The Kier molecular flexibility index (Phi) is 2.71. The molecule has 1 atom stereocenters. The number of alkyl halides is 2. The summed E-state index contributed by atoms with van der Waals surface area (Å²) in [6.07, 6.45) is 2.78. The van der Waals surface area contributed by atoms with Crippen molar-refractivity contribution in [1.82, 2.24) is 4.90 Å². The molecule has 0 aromatic rings. The first kappa shape index (κ1) is 11.5. The maximum Gasteiger partial charge on any atom is 0.231 e. The molecule has 0 aromatic carbocycles. The van der Waals surface area contributed by atoms with E-state index in [1.165, 1.54) is 0 Å². The molecule has 1 heterocycles. The third-order valence-electron chi connectivity index (χ3n) is 3.80. The average molecular weight is 250 g/mol. The largest absolute Gasteiger partial charge is 0.342 e. The molecule has 1 saturated heterocycles. The van der Waals surface area contributed by atoms with Gasteiger partial charge in [-0.3, -0.25) is 4.79 Å². The molecule has 2 fully saturated rings. The number of nitrogens with zero attached hydrogens (tertiary/aromatic N) is 1. The Bertz CT molecular complexity index is 284. The van der Waals surface area contributed by atoms with Gasteiger partial charge in [0.1, 0.15) is 4.33 Å². The fourth-order valence-corrected chi connectivity index (χ4v) is 2.89. The van der Waals surface area contributed by atoms with Crippen molar-refractivity contribution in [3.8, 4) is 0 Å². The average Bonchev–Trinajstić information content (AvgIpc) is 2.67. The van der Waals surface area contributed by atoms with Gasteiger partial charge in [0.2, 0.25) is 5.91 Å². The minimum Gasteiger partial charge on any atom is -0.342 e. The molecule has 2 rings (SSSR count). The normalized spacial score (nSPS) is 35.3. The van der Waals surface area contributed by atoms with Crippen LogP contribution in [0.1, 0.15) is 33.1 Å². The zero-order chi connectivity index (χ0) is 11.3. The molecular formula is C11H17Cl2NO. The summed E-state index contributed by atoms with van der Waals surface area (Å²) >= 11 is 12.0. The van der Waals surface area contributed by atoms with Crippen LogP contribution < -0.4 is 0 Å². The molecule has 0 aromatic heterocycles. The Morgan fingerprint density at radius 2 is 1.80 bits per heavy atom. The van der Waals surface area contributed by atoms with Crippen molar-refractivity contribution in [2.75, 3.05) is 13.1 Å². The molecule has 1 amide bonds. The Morgan fingerprint density at radius 1 is 1.33 bits per heavy atom. The number of carbonyl (C=O) groups excluding carboxylic acids is 1. The molecule has 0 spiro atoms. The summed E-state index contributed by atoms with van der Waals surface area (Å²) in [5.41, 5.74) is -0.531. The molecule has 2 aliphatic rings. The summed E-state index contributed by atoms with van der Waals surface area (Å²) in [5.74, 6) is 0.872. The van der Waals surface area contributed by atoms with Gasteiger partial charge in [-0.25, -0.2) is 0 Å². The molecular weight excluding hydrogens is 233 g/mol. The SMILES string of the molecule is CC1CCN(C(=O)C2(C)CC2(Cl)Cl)CC1. The van der Waals surface area contributed by atoms with Gasteiger partial charge in [0.05, 0.1) is 5.41 Å². The van der Waals surface area contributed by atoms with Gasteiger partial charge in [0, 0.05) is 13.1 Å². The molecule has 86 valence electrons. The van der Waals surface area contributed by atoms with Gasteiger partial charge in [-0.2, -0.15) is 0 Å². The predicted octanol–water partition coefficient (Wildman–Crippen LogP) is 2.83. The van der Waals surface area contributed by atoms with E-state index in [2.05, 4.69) is 6.92 Å². The van der Waals surface area contributed by atoms with Gasteiger partial charge in [-0.15, -0.1) is 23.2 Å². The van der Waals surface area contributed by atoms with Crippen molar-refractivity contribution in [2.45, 2.75) is 37.4 Å². The van der Waals surface area contributed by atoms with E-state index in [-0.39, 0.29) is 5.91 Å². The van der Waals surface area contributed by atoms with E-state index < -0.39 is 9.75 Å². The summed E-state index contributed by atoms with van der Waals surface area (Å²) in [5, 5.41) is 0. The Labute approximate surface area is 101 Å². The third-order valence-corrected chi connectivity index (χ3v) is 4.90. The van der Waals surface area contributed by atoms with Crippen LogP contribution in [0.2, 0.25) is 0 Å². The van der Waals surface area contributed by atoms with Gasteiger partial charge in [0.25, 0.3) is 0 Å². The molecule has 0 radical (unpaired) electrons. The molecule has 2 nitrogen and oxygen atoms in total. The fourth-order valence-electron chi connectivity index (χ4n) is 2.19. The van der Waals surface area contributed by atoms with E-state index in [0.29, 0.717) is 6.42 Å². The highest BCUT2D eigenvalue weighted by Gasteiger charge is 2.68. The van der Waals surface area contributed by atoms with Crippen LogP contribution in [-0.2, 0) is 4.79 Å². The maximum atomic E-state index is 12.2. The molecule has 15 heavy (non-hydrogen) atoms. The van der Waals surface area contributed by atoms with Crippen LogP contribution >= 0.6 is 23.2 Å². The van der Waals surface area contributed by atoms with Crippen LogP contribution in [0, 0.1) is 11.3 Å². The molecule has 1 aliphatic carbocycles. The van der Waals surface area contributed by atoms with Crippen molar-refractivity contribution < 1.29 is 4.79 Å². The van der Waals surface area contributed by atoms with Crippen molar-refractivity contribution in [3.05, 3.63) is 0 Å². The van der Waals surface area contributed by atoms with Gasteiger partial charge >= 0.3 is 0 Å². The van der Waals surface area contributed by atoms with Crippen LogP contribution in [0.25, 0.3) is 0 Å². The molecule has 0 N–H and O–H groups in total. The van der Waals surface area contributed by atoms with Crippen LogP contribution in [0.4, 0.5) is 0 Å². The van der Waals surface area contributed by atoms with E-state index in [9.17, 15) is 4.79 Å². The lowest BCUT2D eigenvalue weighted by Gasteiger charge is -2.32. The second-order valence-electron chi connectivity index (χ2n) is 5.19. The second-order valence-corrected chi connectivity index (χ2v) is 6.67. The van der Waals surface area contributed by atoms with E-state index in [1.807, 2.05) is 11.8 Å². The van der Waals surface area contributed by atoms with Crippen LogP contribution in [0.3, 0.4) is 0 Å². The Balaban J connectivity index is 1.98. The topological polar surface area (TPSA) is 20.3 Å².